The molecule has 0 saturated heterocycles. The lowest BCUT2D eigenvalue weighted by Crippen LogP contribution is -2.27. The van der Waals surface area contributed by atoms with E-state index in [1.54, 1.807) is 5.23 Å². The zero-order chi connectivity index (χ0) is 23.4. The van der Waals surface area contributed by atoms with Crippen molar-refractivity contribution >= 4 is 0 Å². The maximum atomic E-state index is 8.87. The maximum Gasteiger partial charge on any atom is 0.0733 e. The van der Waals surface area contributed by atoms with Gasteiger partial charge in [0.2, 0.25) is 0 Å². The van der Waals surface area contributed by atoms with Crippen LogP contribution >= 0.6 is 0 Å². The van der Waals surface area contributed by atoms with Crippen LogP contribution in [-0.4, -0.2) is 48.4 Å². The van der Waals surface area contributed by atoms with Gasteiger partial charge in [-0.1, -0.05) is 128 Å². The van der Waals surface area contributed by atoms with Crippen molar-refractivity contribution in [2.45, 2.75) is 142 Å². The molecule has 0 bridgehead atoms. The first-order valence-electron chi connectivity index (χ1n) is 14.1. The summed E-state index contributed by atoms with van der Waals surface area (Å²) in [5.41, 5.74) is 0. The van der Waals surface area contributed by atoms with E-state index in [0.717, 1.165) is 13.0 Å². The minimum atomic E-state index is 0.129. The van der Waals surface area contributed by atoms with Crippen molar-refractivity contribution in [3.05, 3.63) is 0 Å². The fourth-order valence-corrected chi connectivity index (χ4v) is 3.95. The van der Waals surface area contributed by atoms with Gasteiger partial charge in [0, 0.05) is 13.2 Å². The molecule has 2 N–H and O–H groups in total. The summed E-state index contributed by atoms with van der Waals surface area (Å²) in [6.45, 7) is 4.22. The highest BCUT2D eigenvalue weighted by Crippen LogP contribution is 2.14. The molecule has 0 aromatic rings. The van der Waals surface area contributed by atoms with Crippen LogP contribution in [0.4, 0.5) is 0 Å². The molecule has 32 heavy (non-hydrogen) atoms. The fourth-order valence-electron chi connectivity index (χ4n) is 3.95. The Morgan fingerprint density at radius 2 is 0.750 bits per heavy atom. The molecule has 0 rings (SSSR count). The van der Waals surface area contributed by atoms with Gasteiger partial charge >= 0.3 is 0 Å². The van der Waals surface area contributed by atoms with Gasteiger partial charge in [-0.25, -0.2) is 0 Å². The van der Waals surface area contributed by atoms with Crippen LogP contribution in [0, 0.1) is 0 Å². The van der Waals surface area contributed by atoms with Crippen LogP contribution in [0.15, 0.2) is 0 Å². The Morgan fingerprint density at radius 1 is 0.438 bits per heavy atom. The summed E-state index contributed by atoms with van der Waals surface area (Å²) in [5.74, 6) is 0. The molecule has 0 saturated carbocycles. The van der Waals surface area contributed by atoms with E-state index >= 15 is 0 Å². The van der Waals surface area contributed by atoms with Gasteiger partial charge in [0.05, 0.1) is 19.8 Å². The summed E-state index contributed by atoms with van der Waals surface area (Å²) in [6.07, 6.45) is 27.4. The average Bonchev–Trinajstić information content (AvgIpc) is 2.80. The summed E-state index contributed by atoms with van der Waals surface area (Å²) in [5, 5.41) is 19.3. The number of rotatable bonds is 28. The molecule has 0 spiro atoms. The molecule has 5 heteroatoms. The third-order valence-corrected chi connectivity index (χ3v) is 6.02. The largest absolute Gasteiger partial charge is 0.396 e. The first kappa shape index (κ1) is 31.8. The van der Waals surface area contributed by atoms with E-state index in [1.165, 1.54) is 116 Å². The molecule has 0 radical (unpaired) electrons. The molecular formula is C27H57NO4. The molecular weight excluding hydrogens is 402 g/mol. The first-order chi connectivity index (χ1) is 15.8. The second-order valence-corrected chi connectivity index (χ2v) is 9.24. The molecule has 0 fully saturated rings. The van der Waals surface area contributed by atoms with Gasteiger partial charge in [0.25, 0.3) is 0 Å². The van der Waals surface area contributed by atoms with Crippen LogP contribution in [0.2, 0.25) is 0 Å². The zero-order valence-corrected chi connectivity index (χ0v) is 21.5. The third-order valence-electron chi connectivity index (χ3n) is 6.02. The molecule has 0 aliphatic carbocycles. The Hall–Kier alpha value is -0.200. The summed E-state index contributed by atoms with van der Waals surface area (Å²) in [7, 11) is 0. The van der Waals surface area contributed by atoms with Crippen LogP contribution < -0.4 is 0 Å². The van der Waals surface area contributed by atoms with Crippen molar-refractivity contribution in [2.24, 2.45) is 0 Å². The van der Waals surface area contributed by atoms with E-state index in [9.17, 15) is 0 Å². The van der Waals surface area contributed by atoms with Crippen molar-refractivity contribution in [1.29, 1.82) is 0 Å². The van der Waals surface area contributed by atoms with E-state index in [1.807, 2.05) is 0 Å². The number of hydroxylamine groups is 2. The van der Waals surface area contributed by atoms with E-state index in [-0.39, 0.29) is 13.2 Å². The zero-order valence-electron chi connectivity index (χ0n) is 21.5. The maximum absolute atomic E-state index is 8.87. The van der Waals surface area contributed by atoms with Crippen molar-refractivity contribution in [3.8, 4) is 0 Å². The molecule has 0 aromatic heterocycles. The average molecular weight is 460 g/mol. The van der Waals surface area contributed by atoms with Crippen LogP contribution in [0.1, 0.15) is 142 Å². The standard InChI is InChI=1S/C27H57NO4/c1-2-3-4-5-6-7-8-9-10-11-12-13-14-15-16-17-18-19-20-23-28(31-26-21-24-29)32-27-22-25-30/h29-30H,2-27H2,1H3. The molecule has 0 aromatic carbocycles. The molecule has 0 atom stereocenters. The number of aliphatic hydroxyl groups is 2. The Labute approximate surface area is 200 Å². The smallest absolute Gasteiger partial charge is 0.0733 e. The molecule has 0 unspecified atom stereocenters. The monoisotopic (exact) mass is 459 g/mol. The van der Waals surface area contributed by atoms with Crippen molar-refractivity contribution < 1.29 is 19.9 Å². The first-order valence-corrected chi connectivity index (χ1v) is 14.1. The number of unbranched alkanes of at least 4 members (excludes halogenated alkanes) is 18. The topological polar surface area (TPSA) is 62.2 Å². The molecule has 194 valence electrons. The fraction of sp³-hybridized carbons (Fsp3) is 1.00. The van der Waals surface area contributed by atoms with Crippen LogP contribution in [0.25, 0.3) is 0 Å². The predicted octanol–water partition coefficient (Wildman–Crippen LogP) is 7.35. The Kier molecular flexibility index (Phi) is 28.7. The second kappa shape index (κ2) is 28.8. The van der Waals surface area contributed by atoms with Crippen molar-refractivity contribution in [1.82, 2.24) is 5.23 Å². The summed E-state index contributed by atoms with van der Waals surface area (Å²) in [4.78, 5) is 11.1. The van der Waals surface area contributed by atoms with Gasteiger partial charge in [0.1, 0.15) is 0 Å². The highest BCUT2D eigenvalue weighted by molar-refractivity contribution is 4.51. The minimum absolute atomic E-state index is 0.129. The van der Waals surface area contributed by atoms with Crippen molar-refractivity contribution in [3.63, 3.8) is 0 Å². The summed E-state index contributed by atoms with van der Waals surface area (Å²) < 4.78 is 0. The van der Waals surface area contributed by atoms with Crippen LogP contribution in [0.3, 0.4) is 0 Å². The van der Waals surface area contributed by atoms with E-state index in [2.05, 4.69) is 6.92 Å². The van der Waals surface area contributed by atoms with E-state index < -0.39 is 0 Å². The third kappa shape index (κ3) is 26.1. The Bertz CT molecular complexity index is 321. The normalized spacial score (nSPS) is 11.6. The highest BCUT2D eigenvalue weighted by Gasteiger charge is 2.06. The van der Waals surface area contributed by atoms with Gasteiger partial charge in [-0.15, -0.1) is 0 Å². The van der Waals surface area contributed by atoms with Gasteiger partial charge in [-0.2, -0.15) is 0 Å². The van der Waals surface area contributed by atoms with E-state index in [0.29, 0.717) is 26.1 Å². The van der Waals surface area contributed by atoms with Gasteiger partial charge < -0.3 is 10.2 Å². The highest BCUT2D eigenvalue weighted by atomic mass is 16.9. The number of aliphatic hydroxyl groups excluding tert-OH is 2. The van der Waals surface area contributed by atoms with E-state index in [4.69, 9.17) is 19.9 Å². The molecule has 5 nitrogen and oxygen atoms in total. The lowest BCUT2D eigenvalue weighted by Gasteiger charge is -2.20. The number of nitrogens with zero attached hydrogens (tertiary/aromatic N) is 1. The van der Waals surface area contributed by atoms with Crippen LogP contribution in [-0.2, 0) is 9.68 Å². The van der Waals surface area contributed by atoms with Crippen molar-refractivity contribution in [2.75, 3.05) is 33.0 Å². The SMILES string of the molecule is CCCCCCCCCCCCCCCCCCCCCN(OCCCO)OCCCO. The van der Waals surface area contributed by atoms with Crippen LogP contribution in [0.5, 0.6) is 0 Å². The second-order valence-electron chi connectivity index (χ2n) is 9.24. The van der Waals surface area contributed by atoms with Gasteiger partial charge in [-0.05, 0) is 19.3 Å². The summed E-state index contributed by atoms with van der Waals surface area (Å²) >= 11 is 0. The molecule has 0 aliphatic heterocycles. The Balaban J connectivity index is 3.31. The molecule has 0 aliphatic rings. The number of hydrogen-bond donors (Lipinski definition) is 2. The lowest BCUT2D eigenvalue weighted by atomic mass is 10.0. The predicted molar refractivity (Wildman–Crippen MR) is 135 cm³/mol. The molecule has 0 heterocycles. The quantitative estimate of drug-likeness (QED) is 0.0946. The summed E-state index contributed by atoms with van der Waals surface area (Å²) in [6, 6.07) is 0. The van der Waals surface area contributed by atoms with Gasteiger partial charge in [-0.3, -0.25) is 9.68 Å². The Morgan fingerprint density at radius 3 is 1.06 bits per heavy atom. The number of hydrogen-bond acceptors (Lipinski definition) is 5. The van der Waals surface area contributed by atoms with Gasteiger partial charge in [0.15, 0.2) is 0 Å². The lowest BCUT2D eigenvalue weighted by molar-refractivity contribution is -0.369. The molecule has 0 amide bonds. The minimum Gasteiger partial charge on any atom is -0.396 e.